The van der Waals surface area contributed by atoms with Gasteiger partial charge in [-0.1, -0.05) is 18.2 Å². The Morgan fingerprint density at radius 2 is 1.71 bits per heavy atom. The molecule has 2 N–H and O–H groups in total. The van der Waals surface area contributed by atoms with Gasteiger partial charge in [-0.2, -0.15) is 0 Å². The molecule has 1 saturated heterocycles. The van der Waals surface area contributed by atoms with Gasteiger partial charge in [0.25, 0.3) is 0 Å². The molecular formula is C18H19N3. The van der Waals surface area contributed by atoms with Gasteiger partial charge in [0.15, 0.2) is 0 Å². The zero-order valence-electron chi connectivity index (χ0n) is 12.0. The highest BCUT2D eigenvalue weighted by molar-refractivity contribution is 5.91. The summed E-state index contributed by atoms with van der Waals surface area (Å²) in [5, 5.41) is 4.84. The summed E-state index contributed by atoms with van der Waals surface area (Å²) in [6.07, 6.45) is 6.15. The number of nitrogens with zero attached hydrogens (tertiary/aromatic N) is 1. The molecule has 4 rings (SSSR count). The molecule has 0 amide bonds. The van der Waals surface area contributed by atoms with E-state index in [0.29, 0.717) is 5.92 Å². The van der Waals surface area contributed by atoms with Gasteiger partial charge in [0.05, 0.1) is 5.69 Å². The van der Waals surface area contributed by atoms with E-state index in [-0.39, 0.29) is 0 Å². The largest absolute Gasteiger partial charge is 0.354 e. The summed E-state index contributed by atoms with van der Waals surface area (Å²) in [6.45, 7) is 2.22. The number of aromatic nitrogens is 2. The van der Waals surface area contributed by atoms with Crippen LogP contribution in [-0.2, 0) is 0 Å². The second kappa shape index (κ2) is 5.34. The number of pyridine rings is 1. The molecule has 0 spiro atoms. The van der Waals surface area contributed by atoms with Crippen LogP contribution in [0.15, 0.2) is 48.8 Å². The van der Waals surface area contributed by atoms with Crippen LogP contribution < -0.4 is 5.32 Å². The number of benzene rings is 1. The normalized spacial score (nSPS) is 16.4. The summed E-state index contributed by atoms with van der Waals surface area (Å²) < 4.78 is 0. The Bertz CT molecular complexity index is 740. The van der Waals surface area contributed by atoms with E-state index in [1.165, 1.54) is 40.6 Å². The van der Waals surface area contributed by atoms with Crippen molar-refractivity contribution in [2.24, 2.45) is 0 Å². The molecule has 0 atom stereocenters. The first kappa shape index (κ1) is 12.6. The molecule has 0 aliphatic carbocycles. The number of rotatable bonds is 2. The number of hydrogen-bond acceptors (Lipinski definition) is 2. The molecule has 3 nitrogen and oxygen atoms in total. The van der Waals surface area contributed by atoms with Crippen LogP contribution >= 0.6 is 0 Å². The molecule has 0 radical (unpaired) electrons. The lowest BCUT2D eigenvalue weighted by atomic mass is 9.87. The highest BCUT2D eigenvalue weighted by Crippen LogP contribution is 2.38. The first-order chi connectivity index (χ1) is 10.4. The highest BCUT2D eigenvalue weighted by Gasteiger charge is 2.23. The Morgan fingerprint density at radius 1 is 0.952 bits per heavy atom. The minimum absolute atomic E-state index is 0.630. The molecule has 3 heterocycles. The van der Waals surface area contributed by atoms with E-state index in [0.717, 1.165) is 13.1 Å². The summed E-state index contributed by atoms with van der Waals surface area (Å²) in [7, 11) is 0. The minimum atomic E-state index is 0.630. The van der Waals surface area contributed by atoms with Gasteiger partial charge in [0.2, 0.25) is 0 Å². The van der Waals surface area contributed by atoms with Gasteiger partial charge in [-0.05, 0) is 55.6 Å². The Hall–Kier alpha value is -2.13. The lowest BCUT2D eigenvalue weighted by Gasteiger charge is -2.23. The van der Waals surface area contributed by atoms with E-state index in [1.54, 1.807) is 0 Å². The van der Waals surface area contributed by atoms with Crippen molar-refractivity contribution >= 4 is 10.9 Å². The molecule has 3 heteroatoms. The Labute approximate surface area is 124 Å². The Kier molecular flexibility index (Phi) is 3.20. The molecule has 0 bridgehead atoms. The van der Waals surface area contributed by atoms with Crippen LogP contribution in [0.5, 0.6) is 0 Å². The number of para-hydroxylation sites is 1. The number of H-pyrrole nitrogens is 1. The van der Waals surface area contributed by atoms with E-state index in [1.807, 2.05) is 12.4 Å². The maximum Gasteiger partial charge on any atom is 0.0501 e. The average Bonchev–Trinajstić information content (AvgIpc) is 2.96. The van der Waals surface area contributed by atoms with Crippen molar-refractivity contribution in [3.8, 4) is 11.3 Å². The Morgan fingerprint density at radius 3 is 2.52 bits per heavy atom. The zero-order chi connectivity index (χ0) is 14.1. The summed E-state index contributed by atoms with van der Waals surface area (Å²) in [4.78, 5) is 7.77. The number of hydrogen-bond donors (Lipinski definition) is 2. The average molecular weight is 277 g/mol. The maximum atomic E-state index is 4.14. The number of aromatic amines is 1. The van der Waals surface area contributed by atoms with Crippen molar-refractivity contribution in [2.45, 2.75) is 18.8 Å². The molecule has 1 aliphatic rings. The third-order valence-corrected chi connectivity index (χ3v) is 4.46. The Balaban J connectivity index is 1.92. The SMILES string of the molecule is c1ccc2c(C3CCNCC3)c(-c3ccncc3)[nH]c2c1. The van der Waals surface area contributed by atoms with Crippen molar-refractivity contribution < 1.29 is 0 Å². The molecular weight excluding hydrogens is 258 g/mol. The smallest absolute Gasteiger partial charge is 0.0501 e. The first-order valence-electron chi connectivity index (χ1n) is 7.65. The molecule has 2 aromatic heterocycles. The number of piperidine rings is 1. The second-order valence-corrected chi connectivity index (χ2v) is 5.72. The van der Waals surface area contributed by atoms with Crippen LogP contribution in [0.3, 0.4) is 0 Å². The summed E-state index contributed by atoms with van der Waals surface area (Å²) in [5.41, 5.74) is 5.22. The third-order valence-electron chi connectivity index (χ3n) is 4.46. The standard InChI is InChI=1S/C18H19N3/c1-2-4-16-15(3-1)17(13-5-9-19-10-6-13)18(21-16)14-7-11-20-12-8-14/h1-4,7-8,11-13,19,21H,5-6,9-10H2. The third kappa shape index (κ3) is 2.24. The lowest BCUT2D eigenvalue weighted by Crippen LogP contribution is -2.26. The molecule has 1 fully saturated rings. The van der Waals surface area contributed by atoms with Crippen molar-refractivity contribution in [3.63, 3.8) is 0 Å². The van der Waals surface area contributed by atoms with Crippen molar-refractivity contribution in [1.29, 1.82) is 0 Å². The molecule has 21 heavy (non-hydrogen) atoms. The molecule has 3 aromatic rings. The van der Waals surface area contributed by atoms with Crippen LogP contribution in [-0.4, -0.2) is 23.1 Å². The van der Waals surface area contributed by atoms with Crippen LogP contribution in [0.4, 0.5) is 0 Å². The molecule has 0 saturated carbocycles. The van der Waals surface area contributed by atoms with E-state index in [9.17, 15) is 0 Å². The van der Waals surface area contributed by atoms with Crippen LogP contribution in [0.2, 0.25) is 0 Å². The second-order valence-electron chi connectivity index (χ2n) is 5.72. The van der Waals surface area contributed by atoms with Gasteiger partial charge in [0.1, 0.15) is 0 Å². The van der Waals surface area contributed by atoms with Crippen molar-refractivity contribution in [3.05, 3.63) is 54.4 Å². The molecule has 1 aliphatic heterocycles. The van der Waals surface area contributed by atoms with Crippen molar-refractivity contribution in [1.82, 2.24) is 15.3 Å². The monoisotopic (exact) mass is 277 g/mol. The van der Waals surface area contributed by atoms with Gasteiger partial charge >= 0.3 is 0 Å². The van der Waals surface area contributed by atoms with E-state index >= 15 is 0 Å². The minimum Gasteiger partial charge on any atom is -0.354 e. The highest BCUT2D eigenvalue weighted by atomic mass is 14.9. The van der Waals surface area contributed by atoms with Crippen molar-refractivity contribution in [2.75, 3.05) is 13.1 Å². The van der Waals surface area contributed by atoms with Crippen LogP contribution in [0.1, 0.15) is 24.3 Å². The molecule has 0 unspecified atom stereocenters. The fourth-order valence-electron chi connectivity index (χ4n) is 3.44. The van der Waals surface area contributed by atoms with Crippen LogP contribution in [0.25, 0.3) is 22.2 Å². The van der Waals surface area contributed by atoms with Gasteiger partial charge in [-0.3, -0.25) is 4.98 Å². The summed E-state index contributed by atoms with van der Waals surface area (Å²) in [6, 6.07) is 12.8. The molecule has 106 valence electrons. The van der Waals surface area contributed by atoms with Gasteiger partial charge in [-0.15, -0.1) is 0 Å². The molecule has 1 aromatic carbocycles. The maximum absolute atomic E-state index is 4.14. The quantitative estimate of drug-likeness (QED) is 0.750. The predicted octanol–water partition coefficient (Wildman–Crippen LogP) is 3.70. The zero-order valence-corrected chi connectivity index (χ0v) is 12.0. The fraction of sp³-hybridized carbons (Fsp3) is 0.278. The number of nitrogens with one attached hydrogen (secondary N) is 2. The van der Waals surface area contributed by atoms with Gasteiger partial charge in [-0.25, -0.2) is 0 Å². The van der Waals surface area contributed by atoms with Gasteiger partial charge in [0, 0.05) is 28.9 Å². The first-order valence-corrected chi connectivity index (χ1v) is 7.65. The van der Waals surface area contributed by atoms with E-state index in [2.05, 4.69) is 51.7 Å². The summed E-state index contributed by atoms with van der Waals surface area (Å²) in [5.74, 6) is 0.630. The van der Waals surface area contributed by atoms with Crippen LogP contribution in [0, 0.1) is 0 Å². The fourth-order valence-corrected chi connectivity index (χ4v) is 3.44. The summed E-state index contributed by atoms with van der Waals surface area (Å²) >= 11 is 0. The topological polar surface area (TPSA) is 40.7 Å². The number of fused-ring (bicyclic) bond motifs is 1. The predicted molar refractivity (Wildman–Crippen MR) is 86.4 cm³/mol. The van der Waals surface area contributed by atoms with E-state index < -0.39 is 0 Å². The van der Waals surface area contributed by atoms with E-state index in [4.69, 9.17) is 0 Å². The lowest BCUT2D eigenvalue weighted by molar-refractivity contribution is 0.463. The van der Waals surface area contributed by atoms with Gasteiger partial charge < -0.3 is 10.3 Å².